The molecule has 0 radical (unpaired) electrons. The van der Waals surface area contributed by atoms with Crippen LogP contribution in [0.4, 0.5) is 4.39 Å². The van der Waals surface area contributed by atoms with E-state index < -0.39 is 15.8 Å². The number of carbonyl (C=O) groups excluding carboxylic acids is 1. The van der Waals surface area contributed by atoms with Gasteiger partial charge in [-0.25, -0.2) is 12.8 Å². The Labute approximate surface area is 182 Å². The normalized spacial score (nSPS) is 19.0. The van der Waals surface area contributed by atoms with Crippen molar-refractivity contribution < 1.29 is 22.3 Å². The quantitative estimate of drug-likeness (QED) is 0.706. The van der Waals surface area contributed by atoms with Crippen LogP contribution < -0.4 is 10.1 Å². The van der Waals surface area contributed by atoms with Gasteiger partial charge in [-0.1, -0.05) is 24.3 Å². The molecular weight excluding hydrogens is 419 g/mol. The second kappa shape index (κ2) is 8.96. The average molecular weight is 447 g/mol. The summed E-state index contributed by atoms with van der Waals surface area (Å²) in [7, 11) is -2.28. The van der Waals surface area contributed by atoms with Crippen LogP contribution in [0.25, 0.3) is 0 Å². The molecule has 2 aromatic rings. The number of carbonyl (C=O) groups is 1. The van der Waals surface area contributed by atoms with Crippen LogP contribution in [0, 0.1) is 17.7 Å². The molecule has 166 valence electrons. The smallest absolute Gasteiger partial charge is 0.245 e. The zero-order valence-electron chi connectivity index (χ0n) is 17.5. The standard InChI is InChI=1S/C23H27FN2O4S/c1-30-19-10-8-17(9-11-19)22(16-6-7-16)25-23(27)18-12-14-26(15-13-18)31(28,29)21-5-3-2-4-20(21)24/h2-5,8-11,16,18,22H,6-7,12-15H2,1H3,(H,25,27). The lowest BCUT2D eigenvalue weighted by Gasteiger charge is -2.31. The summed E-state index contributed by atoms with van der Waals surface area (Å²) in [6.45, 7) is 0.400. The minimum Gasteiger partial charge on any atom is -0.497 e. The molecule has 0 aromatic heterocycles. The van der Waals surface area contributed by atoms with Crippen molar-refractivity contribution in [3.63, 3.8) is 0 Å². The highest BCUT2D eigenvalue weighted by atomic mass is 32.2. The molecule has 0 spiro atoms. The maximum Gasteiger partial charge on any atom is 0.245 e. The van der Waals surface area contributed by atoms with Gasteiger partial charge >= 0.3 is 0 Å². The van der Waals surface area contributed by atoms with Gasteiger partial charge in [0.1, 0.15) is 16.5 Å². The van der Waals surface area contributed by atoms with Crippen molar-refractivity contribution in [1.82, 2.24) is 9.62 Å². The summed E-state index contributed by atoms with van der Waals surface area (Å²) in [4.78, 5) is 12.6. The number of hydrogen-bond donors (Lipinski definition) is 1. The number of halogens is 1. The lowest BCUT2D eigenvalue weighted by Crippen LogP contribution is -2.44. The summed E-state index contributed by atoms with van der Waals surface area (Å²) < 4.78 is 46.0. The van der Waals surface area contributed by atoms with Crippen LogP contribution in [0.15, 0.2) is 53.4 Å². The van der Waals surface area contributed by atoms with Gasteiger partial charge in [0.05, 0.1) is 13.2 Å². The van der Waals surface area contributed by atoms with Crippen molar-refractivity contribution in [3.05, 3.63) is 59.9 Å². The van der Waals surface area contributed by atoms with E-state index in [-0.39, 0.29) is 35.9 Å². The van der Waals surface area contributed by atoms with Gasteiger partial charge in [-0.2, -0.15) is 4.31 Å². The Balaban J connectivity index is 1.39. The fraction of sp³-hybridized carbons (Fsp3) is 0.435. The topological polar surface area (TPSA) is 75.7 Å². The number of amides is 1. The number of sulfonamides is 1. The lowest BCUT2D eigenvalue weighted by atomic mass is 9.95. The number of nitrogens with zero attached hydrogens (tertiary/aromatic N) is 1. The summed E-state index contributed by atoms with van der Waals surface area (Å²) in [6, 6.07) is 13.1. The lowest BCUT2D eigenvalue weighted by molar-refractivity contribution is -0.127. The predicted octanol–water partition coefficient (Wildman–Crippen LogP) is 3.50. The Bertz CT molecular complexity index is 1030. The van der Waals surface area contributed by atoms with E-state index in [0.717, 1.165) is 30.2 Å². The number of piperidine rings is 1. The highest BCUT2D eigenvalue weighted by molar-refractivity contribution is 7.89. The van der Waals surface area contributed by atoms with Crippen molar-refractivity contribution in [1.29, 1.82) is 0 Å². The molecule has 1 amide bonds. The zero-order valence-corrected chi connectivity index (χ0v) is 18.3. The number of benzene rings is 2. The SMILES string of the molecule is COc1ccc(C(NC(=O)C2CCN(S(=O)(=O)c3ccccc3F)CC2)C2CC2)cc1. The van der Waals surface area contributed by atoms with Gasteiger partial charge in [0.15, 0.2) is 0 Å². The van der Waals surface area contributed by atoms with Crippen molar-refractivity contribution in [2.45, 2.75) is 36.6 Å². The maximum atomic E-state index is 14.0. The van der Waals surface area contributed by atoms with Crippen molar-refractivity contribution >= 4 is 15.9 Å². The first kappa shape index (κ1) is 21.8. The highest BCUT2D eigenvalue weighted by Gasteiger charge is 2.37. The molecule has 8 heteroatoms. The molecule has 0 bridgehead atoms. The fourth-order valence-electron chi connectivity index (χ4n) is 4.14. The molecule has 6 nitrogen and oxygen atoms in total. The molecule has 1 atom stereocenters. The monoisotopic (exact) mass is 446 g/mol. The van der Waals surface area contributed by atoms with Crippen molar-refractivity contribution in [2.75, 3.05) is 20.2 Å². The van der Waals surface area contributed by atoms with Crippen LogP contribution in [0.1, 0.15) is 37.3 Å². The molecule has 1 aliphatic carbocycles. The first-order valence-electron chi connectivity index (χ1n) is 10.6. The molecule has 1 heterocycles. The van der Waals surface area contributed by atoms with Gasteiger partial charge < -0.3 is 10.1 Å². The summed E-state index contributed by atoms with van der Waals surface area (Å²) in [5, 5.41) is 3.19. The summed E-state index contributed by atoms with van der Waals surface area (Å²) in [5.74, 6) is 0.142. The van der Waals surface area contributed by atoms with Gasteiger partial charge in [-0.15, -0.1) is 0 Å². The van der Waals surface area contributed by atoms with Crippen LogP contribution in [0.3, 0.4) is 0 Å². The van der Waals surface area contributed by atoms with Gasteiger partial charge in [-0.05, 0) is 61.4 Å². The van der Waals surface area contributed by atoms with E-state index in [1.165, 1.54) is 22.5 Å². The third-order valence-electron chi connectivity index (χ3n) is 6.15. The summed E-state index contributed by atoms with van der Waals surface area (Å²) in [5.41, 5.74) is 1.05. The van der Waals surface area contributed by atoms with Crippen LogP contribution in [-0.4, -0.2) is 38.8 Å². The Hall–Kier alpha value is -2.45. The van der Waals surface area contributed by atoms with Crippen LogP contribution in [0.5, 0.6) is 5.75 Å². The van der Waals surface area contributed by atoms with Gasteiger partial charge in [0.2, 0.25) is 15.9 Å². The van der Waals surface area contributed by atoms with Gasteiger partial charge in [0, 0.05) is 19.0 Å². The Morgan fingerprint density at radius 3 is 2.29 bits per heavy atom. The zero-order chi connectivity index (χ0) is 22.0. The second-order valence-electron chi connectivity index (χ2n) is 8.21. The fourth-order valence-corrected chi connectivity index (χ4v) is 5.67. The molecule has 1 saturated heterocycles. The van der Waals surface area contributed by atoms with E-state index in [4.69, 9.17) is 4.74 Å². The number of rotatable bonds is 7. The third-order valence-corrected chi connectivity index (χ3v) is 8.08. The molecule has 1 saturated carbocycles. The molecule has 2 aliphatic rings. The minimum atomic E-state index is -3.90. The van der Waals surface area contributed by atoms with Crippen molar-refractivity contribution in [2.24, 2.45) is 11.8 Å². The van der Waals surface area contributed by atoms with Crippen LogP contribution >= 0.6 is 0 Å². The largest absolute Gasteiger partial charge is 0.497 e. The molecule has 2 aromatic carbocycles. The molecule has 31 heavy (non-hydrogen) atoms. The third kappa shape index (κ3) is 4.75. The first-order chi connectivity index (χ1) is 14.9. The number of nitrogens with one attached hydrogen (secondary N) is 1. The molecule has 1 unspecified atom stereocenters. The molecule has 1 N–H and O–H groups in total. The summed E-state index contributed by atoms with van der Waals surface area (Å²) >= 11 is 0. The number of ether oxygens (including phenoxy) is 1. The van der Waals surface area contributed by atoms with Crippen LogP contribution in [0.2, 0.25) is 0 Å². The van der Waals surface area contributed by atoms with E-state index in [0.29, 0.717) is 18.8 Å². The average Bonchev–Trinajstić information content (AvgIpc) is 3.63. The minimum absolute atomic E-state index is 0.0430. The highest BCUT2D eigenvalue weighted by Crippen LogP contribution is 2.41. The Morgan fingerprint density at radius 1 is 1.06 bits per heavy atom. The first-order valence-corrected chi connectivity index (χ1v) is 12.0. The Morgan fingerprint density at radius 2 is 1.71 bits per heavy atom. The van der Waals surface area contributed by atoms with Gasteiger partial charge in [-0.3, -0.25) is 4.79 Å². The van der Waals surface area contributed by atoms with Crippen LogP contribution in [-0.2, 0) is 14.8 Å². The maximum absolute atomic E-state index is 14.0. The number of methoxy groups -OCH3 is 1. The van der Waals surface area contributed by atoms with E-state index in [9.17, 15) is 17.6 Å². The molecule has 1 aliphatic heterocycles. The second-order valence-corrected chi connectivity index (χ2v) is 10.1. The number of hydrogen-bond acceptors (Lipinski definition) is 4. The molecule has 4 rings (SSSR count). The Kier molecular flexibility index (Phi) is 6.29. The molecular formula is C23H27FN2O4S. The van der Waals surface area contributed by atoms with Gasteiger partial charge in [0.25, 0.3) is 0 Å². The predicted molar refractivity (Wildman–Crippen MR) is 114 cm³/mol. The molecule has 2 fully saturated rings. The van der Waals surface area contributed by atoms with E-state index >= 15 is 0 Å². The van der Waals surface area contributed by atoms with Crippen molar-refractivity contribution in [3.8, 4) is 5.75 Å². The van der Waals surface area contributed by atoms with E-state index in [1.54, 1.807) is 7.11 Å². The van der Waals surface area contributed by atoms with E-state index in [2.05, 4.69) is 5.32 Å². The summed E-state index contributed by atoms with van der Waals surface area (Å²) in [6.07, 6.45) is 2.99. The van der Waals surface area contributed by atoms with E-state index in [1.807, 2.05) is 24.3 Å².